The monoisotopic (exact) mass is 672 g/mol. The van der Waals surface area contributed by atoms with Crippen LogP contribution in [0.3, 0.4) is 0 Å². The number of Topliss-reactive ketones (excluding diaryl/α,β-unsaturated/α-hetero) is 2. The molecule has 0 radical (unpaired) electrons. The van der Waals surface area contributed by atoms with Crippen molar-refractivity contribution in [2.24, 2.45) is 7.05 Å². The van der Waals surface area contributed by atoms with Crippen molar-refractivity contribution in [2.45, 2.75) is 200 Å². The molecular weight excluding hydrogens is 598 g/mol. The van der Waals surface area contributed by atoms with Gasteiger partial charge < -0.3 is 12.4 Å². The zero-order chi connectivity index (χ0) is 33.3. The lowest BCUT2D eigenvalue weighted by molar-refractivity contribution is -0.671. The molecule has 270 valence electrons. The van der Waals surface area contributed by atoms with E-state index in [1.165, 1.54) is 141 Å². The highest BCUT2D eigenvalue weighted by atomic mass is 35.5. The van der Waals surface area contributed by atoms with Gasteiger partial charge in [-0.25, -0.2) is 4.57 Å². The van der Waals surface area contributed by atoms with Gasteiger partial charge in [-0.1, -0.05) is 141 Å². The maximum absolute atomic E-state index is 13.3. The van der Waals surface area contributed by atoms with E-state index in [1.54, 1.807) is 0 Å². The number of pyridine rings is 1. The summed E-state index contributed by atoms with van der Waals surface area (Å²) in [7, 11) is 1.97. The lowest BCUT2D eigenvalue weighted by Gasteiger charge is -2.15. The standard InChI is InChI=1S/C43H74NO2.ClH/c1-4-6-8-10-12-14-16-18-20-22-24-26-28-30-32-34-41(45)43(40-36-38-44(3)39-37-40)42(46)35-33-31-29-27-25-23-21-19-17-15-13-11-9-7-5-2;/h18-21,36-39,43H,4-17,22-35H2,1-3H3;1H/q+1;/p-1/b20-18-,21-19-;. The van der Waals surface area contributed by atoms with E-state index < -0.39 is 5.92 Å². The quantitative estimate of drug-likeness (QED) is 0.0323. The Kier molecular flexibility index (Phi) is 32.9. The Labute approximate surface area is 298 Å². The number of carbonyl (C=O) groups is 2. The van der Waals surface area contributed by atoms with Crippen molar-refractivity contribution in [2.75, 3.05) is 0 Å². The van der Waals surface area contributed by atoms with Crippen LogP contribution >= 0.6 is 0 Å². The molecule has 0 amide bonds. The fraction of sp³-hybridized carbons (Fsp3) is 0.744. The first-order valence-corrected chi connectivity index (χ1v) is 19.9. The van der Waals surface area contributed by atoms with Crippen molar-refractivity contribution in [1.82, 2.24) is 0 Å². The van der Waals surface area contributed by atoms with Crippen LogP contribution in [0.25, 0.3) is 0 Å². The van der Waals surface area contributed by atoms with Crippen molar-refractivity contribution >= 4 is 11.6 Å². The van der Waals surface area contributed by atoms with Crippen molar-refractivity contribution in [3.8, 4) is 0 Å². The van der Waals surface area contributed by atoms with Gasteiger partial charge in [0.2, 0.25) is 0 Å². The van der Waals surface area contributed by atoms with Gasteiger partial charge in [-0.2, -0.15) is 0 Å². The minimum Gasteiger partial charge on any atom is -1.00 e. The van der Waals surface area contributed by atoms with E-state index in [1.807, 2.05) is 36.1 Å². The van der Waals surface area contributed by atoms with Gasteiger partial charge in [-0.3, -0.25) is 9.59 Å². The largest absolute Gasteiger partial charge is 1.00 e. The molecule has 4 heteroatoms. The number of hydrogen-bond donors (Lipinski definition) is 0. The van der Waals surface area contributed by atoms with Crippen molar-refractivity contribution in [3.63, 3.8) is 0 Å². The van der Waals surface area contributed by atoms with Crippen LogP contribution in [0.1, 0.15) is 205 Å². The number of ketones is 2. The second kappa shape index (κ2) is 34.1. The zero-order valence-electron chi connectivity index (χ0n) is 31.1. The van der Waals surface area contributed by atoms with Crippen LogP contribution < -0.4 is 17.0 Å². The van der Waals surface area contributed by atoms with E-state index >= 15 is 0 Å². The van der Waals surface area contributed by atoms with Crippen LogP contribution in [0.4, 0.5) is 0 Å². The summed E-state index contributed by atoms with van der Waals surface area (Å²) >= 11 is 0. The highest BCUT2D eigenvalue weighted by Gasteiger charge is 2.27. The van der Waals surface area contributed by atoms with Crippen molar-refractivity contribution in [3.05, 3.63) is 54.4 Å². The van der Waals surface area contributed by atoms with Crippen molar-refractivity contribution < 1.29 is 26.6 Å². The second-order valence-corrected chi connectivity index (χ2v) is 13.8. The molecule has 0 aromatic carbocycles. The summed E-state index contributed by atoms with van der Waals surface area (Å²) in [6, 6.07) is 3.92. The first-order valence-electron chi connectivity index (χ1n) is 19.9. The normalized spacial score (nSPS) is 11.6. The first kappa shape index (κ1) is 45.3. The predicted octanol–water partition coefficient (Wildman–Crippen LogP) is 9.81. The number of aryl methyl sites for hydroxylation is 1. The maximum Gasteiger partial charge on any atom is 0.168 e. The molecule has 0 bridgehead atoms. The van der Waals surface area contributed by atoms with E-state index in [9.17, 15) is 9.59 Å². The van der Waals surface area contributed by atoms with Crippen LogP contribution in [-0.2, 0) is 16.6 Å². The fourth-order valence-electron chi connectivity index (χ4n) is 6.28. The number of rotatable bonds is 33. The van der Waals surface area contributed by atoms with Crippen LogP contribution in [0.2, 0.25) is 0 Å². The van der Waals surface area contributed by atoms with Crippen LogP contribution in [-0.4, -0.2) is 11.6 Å². The molecule has 47 heavy (non-hydrogen) atoms. The molecule has 0 aliphatic rings. The SMILES string of the molecule is CCCCCCCC/C=C\CCCCCCCC(=O)C(C(=O)CCCCCCC/C=C\CCCCCCCC)c1cc[n+](C)cc1.[Cl-]. The Morgan fingerprint density at radius 1 is 0.511 bits per heavy atom. The molecule has 0 aliphatic heterocycles. The Morgan fingerprint density at radius 3 is 1.15 bits per heavy atom. The van der Waals surface area contributed by atoms with Crippen molar-refractivity contribution in [1.29, 1.82) is 0 Å². The highest BCUT2D eigenvalue weighted by Crippen LogP contribution is 2.24. The lowest BCUT2D eigenvalue weighted by atomic mass is 9.86. The number of carbonyl (C=O) groups excluding carboxylic acids is 2. The molecule has 0 unspecified atom stereocenters. The average molecular weight is 673 g/mol. The van der Waals surface area contributed by atoms with Gasteiger partial charge in [-0.15, -0.1) is 0 Å². The van der Waals surface area contributed by atoms with E-state index in [2.05, 4.69) is 38.2 Å². The van der Waals surface area contributed by atoms with Crippen LogP contribution in [0, 0.1) is 0 Å². The third-order valence-corrected chi connectivity index (χ3v) is 9.35. The van der Waals surface area contributed by atoms with Gasteiger partial charge in [0.05, 0.1) is 0 Å². The molecule has 0 saturated carbocycles. The summed E-state index contributed by atoms with van der Waals surface area (Å²) < 4.78 is 1.96. The van der Waals surface area contributed by atoms with E-state index in [4.69, 9.17) is 0 Å². The molecule has 0 saturated heterocycles. The Bertz CT molecular complexity index is 855. The van der Waals surface area contributed by atoms with E-state index in [0.29, 0.717) is 12.8 Å². The molecule has 1 rings (SSSR count). The van der Waals surface area contributed by atoms with Gasteiger partial charge >= 0.3 is 0 Å². The summed E-state index contributed by atoms with van der Waals surface area (Å²) in [4.78, 5) is 26.6. The third kappa shape index (κ3) is 26.8. The smallest absolute Gasteiger partial charge is 0.168 e. The van der Waals surface area contributed by atoms with Crippen LogP contribution in [0.5, 0.6) is 0 Å². The fourth-order valence-corrected chi connectivity index (χ4v) is 6.28. The van der Waals surface area contributed by atoms with Crippen LogP contribution in [0.15, 0.2) is 48.8 Å². The number of nitrogens with zero attached hydrogens (tertiary/aromatic N) is 1. The predicted molar refractivity (Wildman–Crippen MR) is 199 cm³/mol. The molecule has 1 heterocycles. The summed E-state index contributed by atoms with van der Waals surface area (Å²) in [5.74, 6) is -0.358. The Morgan fingerprint density at radius 2 is 0.809 bits per heavy atom. The van der Waals surface area contributed by atoms with Gasteiger partial charge in [-0.05, 0) is 69.8 Å². The van der Waals surface area contributed by atoms with E-state index in [0.717, 1.165) is 31.2 Å². The van der Waals surface area contributed by atoms with E-state index in [-0.39, 0.29) is 24.0 Å². The number of halogens is 1. The highest BCUT2D eigenvalue weighted by molar-refractivity contribution is 6.07. The molecule has 0 fully saturated rings. The van der Waals surface area contributed by atoms with Gasteiger partial charge in [0.1, 0.15) is 24.5 Å². The number of unbranched alkanes of at least 4 members (excludes halogenated alkanes) is 22. The molecule has 0 aliphatic carbocycles. The summed E-state index contributed by atoms with van der Waals surface area (Å²) in [6.45, 7) is 4.54. The number of allylic oxidation sites excluding steroid dienone is 4. The Hall–Kier alpha value is -1.74. The summed E-state index contributed by atoms with van der Waals surface area (Å²) in [5, 5.41) is 0. The Balaban J connectivity index is 0.0000212. The van der Waals surface area contributed by atoms with Gasteiger partial charge in [0, 0.05) is 25.0 Å². The lowest BCUT2D eigenvalue weighted by Crippen LogP contribution is -3.00. The average Bonchev–Trinajstić information content (AvgIpc) is 3.05. The summed E-state index contributed by atoms with van der Waals surface area (Å²) in [6.07, 6.45) is 46.8. The minimum atomic E-state index is -0.588. The first-order chi connectivity index (χ1) is 22.6. The molecular formula is C43H74ClNO2. The molecule has 1 aromatic heterocycles. The maximum atomic E-state index is 13.3. The third-order valence-electron chi connectivity index (χ3n) is 9.35. The minimum absolute atomic E-state index is 0. The molecule has 0 spiro atoms. The molecule has 3 nitrogen and oxygen atoms in total. The topological polar surface area (TPSA) is 38.0 Å². The second-order valence-electron chi connectivity index (χ2n) is 13.8. The molecule has 1 aromatic rings. The molecule has 0 N–H and O–H groups in total. The number of hydrogen-bond acceptors (Lipinski definition) is 2. The number of aromatic nitrogens is 1. The molecule has 0 atom stereocenters. The zero-order valence-corrected chi connectivity index (χ0v) is 31.9. The van der Waals surface area contributed by atoms with Gasteiger partial charge in [0.25, 0.3) is 0 Å². The summed E-state index contributed by atoms with van der Waals surface area (Å²) in [5.41, 5.74) is 0.869. The van der Waals surface area contributed by atoms with Gasteiger partial charge in [0.15, 0.2) is 12.4 Å².